The van der Waals surface area contributed by atoms with Crippen molar-refractivity contribution in [3.63, 3.8) is 0 Å². The fourth-order valence-electron chi connectivity index (χ4n) is 3.85. The number of benzene rings is 1. The van der Waals surface area contributed by atoms with Gasteiger partial charge in [0, 0.05) is 24.9 Å². The number of carbonyl (C=O) groups is 4. The molecule has 1 aliphatic rings. The summed E-state index contributed by atoms with van der Waals surface area (Å²) in [7, 11) is 0. The van der Waals surface area contributed by atoms with Gasteiger partial charge in [0.15, 0.2) is 0 Å². The van der Waals surface area contributed by atoms with Gasteiger partial charge in [-0.3, -0.25) is 19.2 Å². The fourth-order valence-corrected chi connectivity index (χ4v) is 3.85. The third-order valence-corrected chi connectivity index (χ3v) is 5.48. The molecule has 0 bridgehead atoms. The van der Waals surface area contributed by atoms with Crippen LogP contribution >= 0.6 is 0 Å². The second-order valence-corrected chi connectivity index (χ2v) is 7.94. The van der Waals surface area contributed by atoms with Gasteiger partial charge < -0.3 is 31.4 Å². The van der Waals surface area contributed by atoms with Crippen molar-refractivity contribution in [2.45, 2.75) is 43.8 Å². The summed E-state index contributed by atoms with van der Waals surface area (Å²) in [6, 6.07) is 6.81. The van der Waals surface area contributed by atoms with Crippen LogP contribution in [0.5, 0.6) is 0 Å². The van der Waals surface area contributed by atoms with E-state index in [-0.39, 0.29) is 12.3 Å². The summed E-state index contributed by atoms with van der Waals surface area (Å²) in [6.07, 6.45) is 4.48. The first-order valence-electron chi connectivity index (χ1n) is 10.7. The summed E-state index contributed by atoms with van der Waals surface area (Å²) in [5.74, 6) is -2.65. The normalized spacial score (nSPS) is 17.2. The largest absolute Gasteiger partial charge is 0.480 e. The lowest BCUT2D eigenvalue weighted by atomic mass is 10.0. The van der Waals surface area contributed by atoms with Gasteiger partial charge in [-0.05, 0) is 24.8 Å². The van der Waals surface area contributed by atoms with Crippen molar-refractivity contribution in [3.8, 4) is 0 Å². The van der Waals surface area contributed by atoms with E-state index in [1.165, 1.54) is 17.4 Å². The summed E-state index contributed by atoms with van der Waals surface area (Å²) in [5.41, 5.74) is 7.66. The molecule has 0 saturated carbocycles. The van der Waals surface area contributed by atoms with Gasteiger partial charge in [0.1, 0.15) is 18.6 Å². The highest BCUT2D eigenvalue weighted by Crippen LogP contribution is 2.19. The zero-order valence-electron chi connectivity index (χ0n) is 18.1. The SMILES string of the molecule is NC(Cc1ccccc1)C(=O)N1CCCC1C(=O)NC(Cc1cnc[nH]1)C(=O)NCC(=O)O. The second-order valence-electron chi connectivity index (χ2n) is 7.94. The van der Waals surface area contributed by atoms with E-state index in [2.05, 4.69) is 20.6 Å². The molecule has 6 N–H and O–H groups in total. The van der Waals surface area contributed by atoms with Crippen LogP contribution < -0.4 is 16.4 Å². The van der Waals surface area contributed by atoms with Crippen LogP contribution in [0.3, 0.4) is 0 Å². The Morgan fingerprint density at radius 2 is 1.97 bits per heavy atom. The quantitative estimate of drug-likeness (QED) is 0.311. The monoisotopic (exact) mass is 456 g/mol. The van der Waals surface area contributed by atoms with Crippen molar-refractivity contribution < 1.29 is 24.3 Å². The Balaban J connectivity index is 1.66. The molecule has 176 valence electrons. The first-order chi connectivity index (χ1) is 15.8. The molecular weight excluding hydrogens is 428 g/mol. The van der Waals surface area contributed by atoms with Gasteiger partial charge in [-0.2, -0.15) is 0 Å². The fraction of sp³-hybridized carbons (Fsp3) is 0.409. The molecule has 11 heteroatoms. The lowest BCUT2D eigenvalue weighted by Gasteiger charge is -2.28. The van der Waals surface area contributed by atoms with Gasteiger partial charge in [-0.15, -0.1) is 0 Å². The molecule has 1 aliphatic heterocycles. The number of carboxylic acids is 1. The molecule has 0 aliphatic carbocycles. The number of aromatic amines is 1. The predicted molar refractivity (Wildman–Crippen MR) is 118 cm³/mol. The average molecular weight is 457 g/mol. The van der Waals surface area contributed by atoms with Gasteiger partial charge >= 0.3 is 5.97 Å². The Morgan fingerprint density at radius 1 is 1.21 bits per heavy atom. The van der Waals surface area contributed by atoms with E-state index in [0.717, 1.165) is 5.56 Å². The highest BCUT2D eigenvalue weighted by atomic mass is 16.4. The maximum absolute atomic E-state index is 13.1. The van der Waals surface area contributed by atoms with Crippen LogP contribution in [0, 0.1) is 0 Å². The molecule has 1 aromatic carbocycles. The molecule has 3 unspecified atom stereocenters. The molecule has 33 heavy (non-hydrogen) atoms. The number of amides is 3. The number of imidazole rings is 1. The van der Waals surface area contributed by atoms with Crippen molar-refractivity contribution >= 4 is 23.7 Å². The molecule has 2 heterocycles. The Kier molecular flexibility index (Phi) is 8.14. The lowest BCUT2D eigenvalue weighted by molar-refractivity contribution is -0.141. The maximum atomic E-state index is 13.1. The molecule has 1 aromatic heterocycles. The molecule has 11 nitrogen and oxygen atoms in total. The van der Waals surface area contributed by atoms with E-state index in [0.29, 0.717) is 31.5 Å². The molecule has 3 atom stereocenters. The molecular formula is C22H28N6O5. The van der Waals surface area contributed by atoms with Gasteiger partial charge in [0.25, 0.3) is 0 Å². The number of H-pyrrole nitrogens is 1. The average Bonchev–Trinajstić information content (AvgIpc) is 3.49. The topological polar surface area (TPSA) is 171 Å². The van der Waals surface area contributed by atoms with Gasteiger partial charge in [0.05, 0.1) is 12.4 Å². The zero-order chi connectivity index (χ0) is 23.8. The first kappa shape index (κ1) is 23.9. The maximum Gasteiger partial charge on any atom is 0.322 e. The minimum Gasteiger partial charge on any atom is -0.480 e. The van der Waals surface area contributed by atoms with Crippen molar-refractivity contribution in [1.29, 1.82) is 0 Å². The number of nitrogens with two attached hydrogens (primary N) is 1. The van der Waals surface area contributed by atoms with Crippen LogP contribution in [-0.4, -0.2) is 74.9 Å². The highest BCUT2D eigenvalue weighted by Gasteiger charge is 2.37. The Bertz CT molecular complexity index is 965. The summed E-state index contributed by atoms with van der Waals surface area (Å²) < 4.78 is 0. The summed E-state index contributed by atoms with van der Waals surface area (Å²) in [5, 5.41) is 13.8. The number of nitrogens with one attached hydrogen (secondary N) is 3. The molecule has 3 rings (SSSR count). The summed E-state index contributed by atoms with van der Waals surface area (Å²) >= 11 is 0. The molecule has 0 radical (unpaired) electrons. The van der Waals surface area contributed by atoms with Crippen LogP contribution in [0.15, 0.2) is 42.9 Å². The molecule has 3 amide bonds. The van der Waals surface area contributed by atoms with E-state index >= 15 is 0 Å². The number of aromatic nitrogens is 2. The second kappa shape index (κ2) is 11.2. The van der Waals surface area contributed by atoms with Crippen LogP contribution in [0.25, 0.3) is 0 Å². The van der Waals surface area contributed by atoms with E-state index < -0.39 is 42.5 Å². The number of carbonyl (C=O) groups excluding carboxylic acids is 3. The van der Waals surface area contributed by atoms with Crippen LogP contribution in [0.4, 0.5) is 0 Å². The van der Waals surface area contributed by atoms with Gasteiger partial charge in [-0.1, -0.05) is 30.3 Å². The summed E-state index contributed by atoms with van der Waals surface area (Å²) in [6.45, 7) is -0.174. The standard InChI is InChI=1S/C22H28N6O5/c23-16(9-14-5-2-1-3-6-14)22(33)28-8-4-7-18(28)21(32)27-17(10-15-11-24-13-26-15)20(31)25-12-19(29)30/h1-3,5-6,11,13,16-18H,4,7-10,12,23H2,(H,24,26)(H,25,31)(H,27,32)(H,29,30). The Labute approximate surface area is 190 Å². The minimum absolute atomic E-state index is 0.0887. The zero-order valence-corrected chi connectivity index (χ0v) is 18.1. The third kappa shape index (κ3) is 6.62. The minimum atomic E-state index is -1.20. The summed E-state index contributed by atoms with van der Waals surface area (Å²) in [4.78, 5) is 57.6. The number of hydrogen-bond acceptors (Lipinski definition) is 6. The Hall–Kier alpha value is -3.73. The van der Waals surface area contributed by atoms with Crippen molar-refractivity contribution in [3.05, 3.63) is 54.1 Å². The van der Waals surface area contributed by atoms with Gasteiger partial charge in [0.2, 0.25) is 17.7 Å². The Morgan fingerprint density at radius 3 is 2.64 bits per heavy atom. The molecule has 0 spiro atoms. The van der Waals surface area contributed by atoms with Gasteiger partial charge in [-0.25, -0.2) is 4.98 Å². The van der Waals surface area contributed by atoms with E-state index in [4.69, 9.17) is 10.8 Å². The number of nitrogens with zero attached hydrogens (tertiary/aromatic N) is 2. The van der Waals surface area contributed by atoms with E-state index in [1.807, 2.05) is 30.3 Å². The van der Waals surface area contributed by atoms with E-state index in [9.17, 15) is 19.2 Å². The third-order valence-electron chi connectivity index (χ3n) is 5.48. The van der Waals surface area contributed by atoms with Crippen LogP contribution in [-0.2, 0) is 32.0 Å². The molecule has 2 aromatic rings. The highest BCUT2D eigenvalue weighted by molar-refractivity contribution is 5.94. The van der Waals surface area contributed by atoms with Crippen molar-refractivity contribution in [2.75, 3.05) is 13.1 Å². The van der Waals surface area contributed by atoms with Crippen molar-refractivity contribution in [2.24, 2.45) is 5.73 Å². The van der Waals surface area contributed by atoms with Crippen LogP contribution in [0.1, 0.15) is 24.1 Å². The number of carboxylic acid groups (broad SMARTS) is 1. The number of hydrogen-bond donors (Lipinski definition) is 5. The predicted octanol–water partition coefficient (Wildman–Crippen LogP) is -0.801. The van der Waals surface area contributed by atoms with Crippen molar-refractivity contribution in [1.82, 2.24) is 25.5 Å². The molecule has 1 saturated heterocycles. The number of likely N-dealkylation sites (tertiary alicyclic amines) is 1. The lowest BCUT2D eigenvalue weighted by Crippen LogP contribution is -2.56. The van der Waals surface area contributed by atoms with Crippen LogP contribution in [0.2, 0.25) is 0 Å². The first-order valence-corrected chi connectivity index (χ1v) is 10.7. The van der Waals surface area contributed by atoms with E-state index in [1.54, 1.807) is 0 Å². The molecule has 1 fully saturated rings. The number of rotatable bonds is 10. The smallest absolute Gasteiger partial charge is 0.322 e. The number of aliphatic carboxylic acids is 1.